The number of nitrogens with zero attached hydrogens (tertiary/aromatic N) is 6. The summed E-state index contributed by atoms with van der Waals surface area (Å²) in [7, 11) is 0. The number of hydrogen-bond acceptors (Lipinski definition) is 9. The largest absolute Gasteiger partial charge is 0.481 e. The molecule has 0 aliphatic carbocycles. The number of benzene rings is 6. The molecular weight excluding hydrogens is 829 g/mol. The number of carboxylic acid groups (broad SMARTS) is 1. The Bertz CT molecular complexity index is 3270. The summed E-state index contributed by atoms with van der Waals surface area (Å²) in [4.78, 5) is 31.9. The first-order valence-electron chi connectivity index (χ1n) is 22.5. The summed E-state index contributed by atoms with van der Waals surface area (Å²) in [5.74, 6) is 1.38. The molecule has 1 N–H and O–H groups in total. The van der Waals surface area contributed by atoms with Gasteiger partial charge in [-0.05, 0) is 89.5 Å². The van der Waals surface area contributed by atoms with Crippen LogP contribution in [-0.4, -0.2) is 53.1 Å². The maximum absolute atomic E-state index is 11.7. The Morgan fingerprint density at radius 2 is 0.970 bits per heavy atom. The van der Waals surface area contributed by atoms with Crippen LogP contribution in [0, 0.1) is 0 Å². The van der Waals surface area contributed by atoms with Crippen molar-refractivity contribution in [1.29, 1.82) is 0 Å². The van der Waals surface area contributed by atoms with Gasteiger partial charge in [0.2, 0.25) is 0 Å². The smallest absolute Gasteiger partial charge is 0.305 e. The second-order valence-corrected chi connectivity index (χ2v) is 16.3. The Labute approximate surface area is 381 Å². The van der Waals surface area contributed by atoms with Crippen LogP contribution < -0.4 is 0 Å². The Morgan fingerprint density at radius 1 is 0.530 bits per heavy atom. The summed E-state index contributed by atoms with van der Waals surface area (Å²) < 4.78 is 20.7. The molecule has 4 aromatic heterocycles. The zero-order valence-corrected chi connectivity index (χ0v) is 36.8. The van der Waals surface area contributed by atoms with Crippen molar-refractivity contribution < 1.29 is 28.5 Å². The number of fused-ring (bicyclic) bond motifs is 4. The van der Waals surface area contributed by atoms with Gasteiger partial charge < -0.3 is 28.0 Å². The summed E-state index contributed by atoms with van der Waals surface area (Å²) in [6.45, 7) is 3.70. The van der Waals surface area contributed by atoms with Gasteiger partial charge >= 0.3 is 11.9 Å². The highest BCUT2D eigenvalue weighted by Crippen LogP contribution is 2.30. The number of aliphatic carboxylic acids is 1. The fourth-order valence-corrected chi connectivity index (χ4v) is 8.50. The van der Waals surface area contributed by atoms with Gasteiger partial charge in [0.25, 0.3) is 11.8 Å². The van der Waals surface area contributed by atoms with E-state index in [2.05, 4.69) is 121 Å². The second kappa shape index (κ2) is 20.3. The third kappa shape index (κ3) is 10.2. The lowest BCUT2D eigenvalue weighted by atomic mass is 10.1. The molecule has 0 radical (unpaired) electrons. The average Bonchev–Trinajstić information content (AvgIpc) is 4.15. The number of para-hydroxylation sites is 2. The highest BCUT2D eigenvalue weighted by Gasteiger charge is 2.19. The Balaban J connectivity index is 0.000000166. The van der Waals surface area contributed by atoms with Crippen LogP contribution >= 0.6 is 0 Å². The highest BCUT2D eigenvalue weighted by atomic mass is 16.5. The van der Waals surface area contributed by atoms with Crippen LogP contribution in [-0.2, 0) is 40.3 Å². The molecule has 0 fully saturated rings. The molecule has 12 nitrogen and oxygen atoms in total. The van der Waals surface area contributed by atoms with Gasteiger partial charge in [-0.25, -0.2) is 0 Å². The number of aryl methyl sites for hydroxylation is 2. The van der Waals surface area contributed by atoms with Crippen LogP contribution in [0.2, 0.25) is 0 Å². The number of hydrogen-bond donors (Lipinski definition) is 1. The van der Waals surface area contributed by atoms with Gasteiger partial charge in [0, 0.05) is 60.6 Å². The minimum absolute atomic E-state index is 0.143. The number of esters is 1. The predicted molar refractivity (Wildman–Crippen MR) is 256 cm³/mol. The van der Waals surface area contributed by atoms with Crippen molar-refractivity contribution in [2.24, 2.45) is 0 Å². The summed E-state index contributed by atoms with van der Waals surface area (Å²) >= 11 is 0. The standard InChI is InChI=1S/C28H27N3O3.C26H23N3O3/c1-2-33-27(32)13-7-8-16-31-24-12-6-5-11-23(24)19-25(31)28-29-26(30-34-28)18-20-14-15-21-9-3-4-10-22(21)17-20;30-25(31)11-5-6-14-29-22-10-4-3-9-21(22)17-23(29)26-27-24(28-32-26)16-18-12-13-19-7-1-2-8-20(19)15-18/h3-6,9-12,14-15,17,19H,2,7-8,13,16,18H2,1H3;1-4,7-10,12-13,15,17H,5-6,11,14,16H2,(H,30,31). The van der Waals surface area contributed by atoms with Gasteiger partial charge in [-0.2, -0.15) is 9.97 Å². The molecule has 332 valence electrons. The normalized spacial score (nSPS) is 11.3. The van der Waals surface area contributed by atoms with Crippen LogP contribution in [0.5, 0.6) is 0 Å². The van der Waals surface area contributed by atoms with Crippen molar-refractivity contribution in [3.05, 3.63) is 168 Å². The average molecular weight is 879 g/mol. The molecule has 0 saturated carbocycles. The molecule has 4 heterocycles. The summed E-state index contributed by atoms with van der Waals surface area (Å²) in [6.07, 6.45) is 4.80. The molecule has 6 aromatic carbocycles. The zero-order valence-electron chi connectivity index (χ0n) is 36.8. The van der Waals surface area contributed by atoms with E-state index >= 15 is 0 Å². The van der Waals surface area contributed by atoms with Crippen molar-refractivity contribution in [2.45, 2.75) is 71.4 Å². The number of unbranched alkanes of at least 4 members (excludes halogenated alkanes) is 2. The molecule has 0 spiro atoms. The molecule has 10 aromatic rings. The summed E-state index contributed by atoms with van der Waals surface area (Å²) in [5.41, 5.74) is 6.22. The van der Waals surface area contributed by atoms with E-state index in [-0.39, 0.29) is 12.4 Å². The van der Waals surface area contributed by atoms with Crippen molar-refractivity contribution in [1.82, 2.24) is 29.4 Å². The van der Waals surface area contributed by atoms with Gasteiger partial charge in [0.1, 0.15) is 11.4 Å². The topological polar surface area (TPSA) is 151 Å². The van der Waals surface area contributed by atoms with Crippen molar-refractivity contribution in [3.63, 3.8) is 0 Å². The molecule has 0 atom stereocenters. The number of carboxylic acids is 1. The highest BCUT2D eigenvalue weighted by molar-refractivity contribution is 5.87. The molecule has 0 amide bonds. The maximum atomic E-state index is 11.7. The monoisotopic (exact) mass is 878 g/mol. The van der Waals surface area contributed by atoms with Gasteiger partial charge in [0.05, 0.1) is 6.61 Å². The molecular formula is C54H50N6O6. The Kier molecular flexibility index (Phi) is 13.4. The number of rotatable bonds is 17. The van der Waals surface area contributed by atoms with Gasteiger partial charge in [-0.3, -0.25) is 9.59 Å². The molecule has 0 saturated heterocycles. The fraction of sp³-hybridized carbons (Fsp3) is 0.222. The third-order valence-corrected chi connectivity index (χ3v) is 11.7. The molecule has 0 aliphatic rings. The first-order chi connectivity index (χ1) is 32.4. The lowest BCUT2D eigenvalue weighted by molar-refractivity contribution is -0.143. The first-order valence-corrected chi connectivity index (χ1v) is 22.5. The maximum Gasteiger partial charge on any atom is 0.305 e. The second-order valence-electron chi connectivity index (χ2n) is 16.3. The van der Waals surface area contributed by atoms with Gasteiger partial charge in [0.15, 0.2) is 11.6 Å². The lowest BCUT2D eigenvalue weighted by Crippen LogP contribution is -2.05. The van der Waals surface area contributed by atoms with E-state index in [1.54, 1.807) is 0 Å². The Hall–Kier alpha value is -7.86. The van der Waals surface area contributed by atoms with Crippen molar-refractivity contribution >= 4 is 55.3 Å². The Morgan fingerprint density at radius 3 is 1.44 bits per heavy atom. The van der Waals surface area contributed by atoms with E-state index in [1.165, 1.54) is 21.5 Å². The zero-order chi connectivity index (χ0) is 45.2. The number of carbonyl (C=O) groups excluding carboxylic acids is 1. The molecule has 0 unspecified atom stereocenters. The van der Waals surface area contributed by atoms with E-state index in [0.717, 1.165) is 70.1 Å². The van der Waals surface area contributed by atoms with Crippen LogP contribution in [0.15, 0.2) is 155 Å². The number of carbonyl (C=O) groups is 2. The minimum Gasteiger partial charge on any atom is -0.481 e. The third-order valence-electron chi connectivity index (χ3n) is 11.7. The quantitative estimate of drug-likeness (QED) is 0.0691. The van der Waals surface area contributed by atoms with E-state index in [1.807, 2.05) is 55.5 Å². The predicted octanol–water partition coefficient (Wildman–Crippen LogP) is 11.9. The van der Waals surface area contributed by atoms with Gasteiger partial charge in [-0.15, -0.1) is 0 Å². The van der Waals surface area contributed by atoms with Crippen LogP contribution in [0.25, 0.3) is 66.5 Å². The fourth-order valence-electron chi connectivity index (χ4n) is 8.50. The van der Waals surface area contributed by atoms with Crippen LogP contribution in [0.3, 0.4) is 0 Å². The number of ether oxygens (including phenoxy) is 1. The molecule has 0 aliphatic heterocycles. The van der Waals surface area contributed by atoms with Crippen molar-refractivity contribution in [3.8, 4) is 23.2 Å². The van der Waals surface area contributed by atoms with E-state index in [0.29, 0.717) is 62.3 Å². The molecule has 66 heavy (non-hydrogen) atoms. The van der Waals surface area contributed by atoms with Gasteiger partial charge in [-0.1, -0.05) is 132 Å². The van der Waals surface area contributed by atoms with Crippen LogP contribution in [0.1, 0.15) is 68.2 Å². The van der Waals surface area contributed by atoms with Crippen molar-refractivity contribution in [2.75, 3.05) is 6.61 Å². The lowest BCUT2D eigenvalue weighted by Gasteiger charge is -2.08. The van der Waals surface area contributed by atoms with E-state index in [9.17, 15) is 9.59 Å². The SMILES string of the molecule is CCOC(=O)CCCCn1c(-c2nc(Cc3ccc4ccccc4c3)no2)cc2ccccc21.O=C(O)CCCCn1c(-c2nc(Cc3ccc4ccccc4c3)no2)cc2ccccc21. The molecule has 12 heteroatoms. The minimum atomic E-state index is -0.766. The van der Waals surface area contributed by atoms with E-state index < -0.39 is 5.97 Å². The van der Waals surface area contributed by atoms with Crippen LogP contribution in [0.4, 0.5) is 0 Å². The molecule has 0 bridgehead atoms. The molecule has 10 rings (SSSR count). The number of aromatic nitrogens is 6. The van der Waals surface area contributed by atoms with E-state index in [4.69, 9.17) is 23.9 Å². The summed E-state index contributed by atoms with van der Waals surface area (Å²) in [6, 6.07) is 49.8. The summed E-state index contributed by atoms with van der Waals surface area (Å²) in [5, 5.41) is 24.4. The first kappa shape index (κ1) is 43.4.